The zero-order valence-corrected chi connectivity index (χ0v) is 15.2. The molecule has 0 aromatic heterocycles. The molecule has 0 fully saturated rings. The molecule has 2 N–H and O–H groups in total. The Morgan fingerprint density at radius 2 is 1.65 bits per heavy atom. The standard InChI is InChI=1S/C21H20ClNO3/c1-25-20-8-4-6-15(13-23-17-9-11-18(24)12-10-17)21(20)26-14-16-5-2-3-7-19(16)22/h2-12,23-24H,13-14H2,1H3. The van der Waals surface area contributed by atoms with Crippen molar-refractivity contribution >= 4 is 17.3 Å². The van der Waals surface area contributed by atoms with Crippen LogP contribution >= 0.6 is 11.6 Å². The highest BCUT2D eigenvalue weighted by atomic mass is 35.5. The number of ether oxygens (including phenoxy) is 2. The van der Waals surface area contributed by atoms with Crippen molar-refractivity contribution in [3.05, 3.63) is 82.9 Å². The molecule has 0 saturated heterocycles. The van der Waals surface area contributed by atoms with Gasteiger partial charge in [-0.1, -0.05) is 41.9 Å². The summed E-state index contributed by atoms with van der Waals surface area (Å²) in [4.78, 5) is 0. The van der Waals surface area contributed by atoms with Gasteiger partial charge in [-0.25, -0.2) is 0 Å². The smallest absolute Gasteiger partial charge is 0.166 e. The summed E-state index contributed by atoms with van der Waals surface area (Å²) in [7, 11) is 1.62. The predicted molar refractivity (Wildman–Crippen MR) is 104 cm³/mol. The number of benzene rings is 3. The highest BCUT2D eigenvalue weighted by molar-refractivity contribution is 6.31. The molecule has 3 aromatic carbocycles. The lowest BCUT2D eigenvalue weighted by molar-refractivity contribution is 0.282. The highest BCUT2D eigenvalue weighted by Gasteiger charge is 2.12. The average Bonchev–Trinajstić information content (AvgIpc) is 2.67. The molecule has 5 heteroatoms. The molecule has 26 heavy (non-hydrogen) atoms. The minimum Gasteiger partial charge on any atom is -0.508 e. The first-order valence-electron chi connectivity index (χ1n) is 8.22. The van der Waals surface area contributed by atoms with Crippen LogP contribution in [0.5, 0.6) is 17.2 Å². The van der Waals surface area contributed by atoms with Crippen molar-refractivity contribution in [3.63, 3.8) is 0 Å². The van der Waals surface area contributed by atoms with Gasteiger partial charge in [-0.2, -0.15) is 0 Å². The molecular weight excluding hydrogens is 350 g/mol. The van der Waals surface area contributed by atoms with Crippen LogP contribution in [0.4, 0.5) is 5.69 Å². The van der Waals surface area contributed by atoms with Gasteiger partial charge >= 0.3 is 0 Å². The molecular formula is C21H20ClNO3. The predicted octanol–water partition coefficient (Wildman–Crippen LogP) is 5.25. The molecule has 0 aliphatic carbocycles. The monoisotopic (exact) mass is 369 g/mol. The topological polar surface area (TPSA) is 50.7 Å². The molecule has 0 radical (unpaired) electrons. The maximum Gasteiger partial charge on any atom is 0.166 e. The van der Waals surface area contributed by atoms with E-state index in [-0.39, 0.29) is 5.75 Å². The van der Waals surface area contributed by atoms with Gasteiger partial charge in [0.05, 0.1) is 7.11 Å². The fourth-order valence-electron chi connectivity index (χ4n) is 2.57. The van der Waals surface area contributed by atoms with E-state index in [2.05, 4.69) is 5.32 Å². The van der Waals surface area contributed by atoms with Gasteiger partial charge < -0.3 is 19.9 Å². The van der Waals surface area contributed by atoms with Crippen molar-refractivity contribution in [2.75, 3.05) is 12.4 Å². The number of rotatable bonds is 7. The third-order valence-electron chi connectivity index (χ3n) is 3.96. The molecule has 0 aliphatic rings. The van der Waals surface area contributed by atoms with E-state index >= 15 is 0 Å². The Morgan fingerprint density at radius 1 is 0.923 bits per heavy atom. The number of aromatic hydroxyl groups is 1. The number of hydrogen-bond donors (Lipinski definition) is 2. The highest BCUT2D eigenvalue weighted by Crippen LogP contribution is 2.33. The number of halogens is 1. The van der Waals surface area contributed by atoms with E-state index in [4.69, 9.17) is 21.1 Å². The van der Waals surface area contributed by atoms with Crippen LogP contribution in [0.3, 0.4) is 0 Å². The normalized spacial score (nSPS) is 10.4. The summed E-state index contributed by atoms with van der Waals surface area (Å²) in [5.74, 6) is 1.59. The molecule has 3 aromatic rings. The summed E-state index contributed by atoms with van der Waals surface area (Å²) in [6.07, 6.45) is 0. The molecule has 4 nitrogen and oxygen atoms in total. The molecule has 134 valence electrons. The number of methoxy groups -OCH3 is 1. The van der Waals surface area contributed by atoms with Crippen molar-refractivity contribution in [2.24, 2.45) is 0 Å². The van der Waals surface area contributed by atoms with Gasteiger partial charge in [-0.05, 0) is 36.4 Å². The second-order valence-corrected chi connectivity index (χ2v) is 6.14. The number of phenolic OH excluding ortho intramolecular Hbond substituents is 1. The van der Waals surface area contributed by atoms with Crippen LogP contribution in [0.15, 0.2) is 66.7 Å². The molecule has 0 spiro atoms. The minimum atomic E-state index is 0.237. The fourth-order valence-corrected chi connectivity index (χ4v) is 2.76. The molecule has 0 heterocycles. The van der Waals surface area contributed by atoms with Gasteiger partial charge in [0.25, 0.3) is 0 Å². The van der Waals surface area contributed by atoms with E-state index in [1.807, 2.05) is 54.6 Å². The lowest BCUT2D eigenvalue weighted by atomic mass is 10.1. The lowest BCUT2D eigenvalue weighted by Gasteiger charge is -2.16. The summed E-state index contributed by atoms with van der Waals surface area (Å²) in [6.45, 7) is 0.909. The van der Waals surface area contributed by atoms with Crippen LogP contribution in [0, 0.1) is 0 Å². The molecule has 0 bridgehead atoms. The van der Waals surface area contributed by atoms with E-state index in [1.165, 1.54) is 0 Å². The van der Waals surface area contributed by atoms with Crippen molar-refractivity contribution in [1.29, 1.82) is 0 Å². The minimum absolute atomic E-state index is 0.237. The van der Waals surface area contributed by atoms with Crippen molar-refractivity contribution in [3.8, 4) is 17.2 Å². The average molecular weight is 370 g/mol. The number of para-hydroxylation sites is 1. The van der Waals surface area contributed by atoms with E-state index in [0.29, 0.717) is 29.7 Å². The fraction of sp³-hybridized carbons (Fsp3) is 0.143. The first-order chi connectivity index (χ1) is 12.7. The third kappa shape index (κ3) is 4.41. The van der Waals surface area contributed by atoms with Gasteiger partial charge in [0.2, 0.25) is 0 Å². The second kappa shape index (κ2) is 8.50. The van der Waals surface area contributed by atoms with Gasteiger partial charge in [-0.3, -0.25) is 0 Å². The number of phenols is 1. The maximum atomic E-state index is 9.38. The van der Waals surface area contributed by atoms with Crippen LogP contribution in [0.2, 0.25) is 5.02 Å². The Hall–Kier alpha value is -2.85. The summed E-state index contributed by atoms with van der Waals surface area (Å²) < 4.78 is 11.5. The van der Waals surface area contributed by atoms with E-state index in [0.717, 1.165) is 16.8 Å². The van der Waals surface area contributed by atoms with E-state index < -0.39 is 0 Å². The molecule has 0 unspecified atom stereocenters. The van der Waals surface area contributed by atoms with Crippen molar-refractivity contribution in [1.82, 2.24) is 0 Å². The quantitative estimate of drug-likeness (QED) is 0.559. The number of nitrogens with one attached hydrogen (secondary N) is 1. The third-order valence-corrected chi connectivity index (χ3v) is 4.33. The van der Waals surface area contributed by atoms with Gasteiger partial charge in [0, 0.05) is 28.4 Å². The molecule has 0 atom stereocenters. The summed E-state index contributed by atoms with van der Waals surface area (Å²) in [5.41, 5.74) is 2.78. The first-order valence-corrected chi connectivity index (χ1v) is 8.60. The summed E-state index contributed by atoms with van der Waals surface area (Å²) in [6, 6.07) is 20.3. The molecule has 0 aliphatic heterocycles. The van der Waals surface area contributed by atoms with Crippen LogP contribution < -0.4 is 14.8 Å². The zero-order chi connectivity index (χ0) is 18.4. The Morgan fingerprint density at radius 3 is 2.38 bits per heavy atom. The largest absolute Gasteiger partial charge is 0.508 e. The van der Waals surface area contributed by atoms with Crippen LogP contribution in [-0.2, 0) is 13.2 Å². The Bertz CT molecular complexity index is 865. The molecule has 0 amide bonds. The second-order valence-electron chi connectivity index (χ2n) is 5.73. The van der Waals surface area contributed by atoms with Crippen LogP contribution in [-0.4, -0.2) is 12.2 Å². The summed E-state index contributed by atoms with van der Waals surface area (Å²) >= 11 is 6.21. The maximum absolute atomic E-state index is 9.38. The Balaban J connectivity index is 1.77. The van der Waals surface area contributed by atoms with Gasteiger partial charge in [0.1, 0.15) is 12.4 Å². The van der Waals surface area contributed by atoms with Crippen LogP contribution in [0.1, 0.15) is 11.1 Å². The summed E-state index contributed by atoms with van der Waals surface area (Å²) in [5, 5.41) is 13.4. The van der Waals surface area contributed by atoms with E-state index in [1.54, 1.807) is 19.2 Å². The molecule has 0 saturated carbocycles. The van der Waals surface area contributed by atoms with Crippen LogP contribution in [0.25, 0.3) is 0 Å². The number of hydrogen-bond acceptors (Lipinski definition) is 4. The van der Waals surface area contributed by atoms with Gasteiger partial charge in [-0.15, -0.1) is 0 Å². The Labute approximate surface area is 158 Å². The zero-order valence-electron chi connectivity index (χ0n) is 14.4. The van der Waals surface area contributed by atoms with Crippen molar-refractivity contribution < 1.29 is 14.6 Å². The van der Waals surface area contributed by atoms with Crippen molar-refractivity contribution in [2.45, 2.75) is 13.2 Å². The van der Waals surface area contributed by atoms with Gasteiger partial charge in [0.15, 0.2) is 11.5 Å². The van der Waals surface area contributed by atoms with E-state index in [9.17, 15) is 5.11 Å². The first kappa shape index (κ1) is 18.0. The number of anilines is 1. The SMILES string of the molecule is COc1cccc(CNc2ccc(O)cc2)c1OCc1ccccc1Cl. The molecule has 3 rings (SSSR count). The Kier molecular flexibility index (Phi) is 5.87. The lowest BCUT2D eigenvalue weighted by Crippen LogP contribution is -2.05.